The fraction of sp³-hybridized carbons (Fsp3) is 0.125. The summed E-state index contributed by atoms with van der Waals surface area (Å²) in [6, 6.07) is 6.64. The SMILES string of the molecule is NC(=O)c1ccccc1CN=O. The minimum atomic E-state index is -0.533. The third kappa shape index (κ3) is 1.66. The fourth-order valence-corrected chi connectivity index (χ4v) is 0.968. The molecule has 0 unspecified atom stereocenters. The molecule has 4 nitrogen and oxygen atoms in total. The summed E-state index contributed by atoms with van der Waals surface area (Å²) < 4.78 is 0. The monoisotopic (exact) mass is 164 g/mol. The van der Waals surface area contributed by atoms with Gasteiger partial charge in [0.05, 0.1) is 0 Å². The number of amides is 1. The van der Waals surface area contributed by atoms with Gasteiger partial charge in [0.1, 0.15) is 6.54 Å². The van der Waals surface area contributed by atoms with Gasteiger partial charge < -0.3 is 5.73 Å². The summed E-state index contributed by atoms with van der Waals surface area (Å²) in [6.07, 6.45) is 0. The Morgan fingerprint density at radius 1 is 1.42 bits per heavy atom. The highest BCUT2D eigenvalue weighted by atomic mass is 16.3. The number of nitrogens with two attached hydrogens (primary N) is 1. The van der Waals surface area contributed by atoms with E-state index in [0.29, 0.717) is 11.1 Å². The highest BCUT2D eigenvalue weighted by Crippen LogP contribution is 2.08. The van der Waals surface area contributed by atoms with Gasteiger partial charge >= 0.3 is 0 Å². The molecule has 0 radical (unpaired) electrons. The predicted molar refractivity (Wildman–Crippen MR) is 44.5 cm³/mol. The highest BCUT2D eigenvalue weighted by Gasteiger charge is 2.05. The van der Waals surface area contributed by atoms with Gasteiger partial charge in [0.15, 0.2) is 0 Å². The van der Waals surface area contributed by atoms with Gasteiger partial charge in [0.2, 0.25) is 5.91 Å². The van der Waals surface area contributed by atoms with Crippen LogP contribution in [0.25, 0.3) is 0 Å². The number of rotatable bonds is 3. The molecule has 2 N–H and O–H groups in total. The Hall–Kier alpha value is -1.71. The van der Waals surface area contributed by atoms with Crippen molar-refractivity contribution in [2.45, 2.75) is 6.54 Å². The zero-order valence-corrected chi connectivity index (χ0v) is 6.36. The van der Waals surface area contributed by atoms with Crippen LogP contribution in [0.1, 0.15) is 15.9 Å². The Kier molecular flexibility index (Phi) is 2.53. The summed E-state index contributed by atoms with van der Waals surface area (Å²) in [6.45, 7) is -0.0148. The first kappa shape index (κ1) is 8.39. The van der Waals surface area contributed by atoms with Crippen LogP contribution >= 0.6 is 0 Å². The van der Waals surface area contributed by atoms with Crippen molar-refractivity contribution < 1.29 is 4.79 Å². The zero-order valence-electron chi connectivity index (χ0n) is 6.36. The van der Waals surface area contributed by atoms with E-state index in [0.717, 1.165) is 0 Å². The molecule has 0 spiro atoms. The molecule has 12 heavy (non-hydrogen) atoms. The Morgan fingerprint density at radius 2 is 2.08 bits per heavy atom. The maximum atomic E-state index is 10.8. The van der Waals surface area contributed by atoms with E-state index in [1.165, 1.54) is 0 Å². The normalized spacial score (nSPS) is 9.33. The summed E-state index contributed by atoms with van der Waals surface area (Å²) in [4.78, 5) is 20.7. The number of primary amides is 1. The van der Waals surface area contributed by atoms with Crippen LogP contribution in [0.2, 0.25) is 0 Å². The molecule has 0 aliphatic rings. The van der Waals surface area contributed by atoms with Crippen molar-refractivity contribution in [3.63, 3.8) is 0 Å². The molecule has 0 aliphatic carbocycles. The summed E-state index contributed by atoms with van der Waals surface area (Å²) in [5.74, 6) is -0.533. The van der Waals surface area contributed by atoms with Crippen LogP contribution < -0.4 is 5.73 Å². The van der Waals surface area contributed by atoms with Crippen LogP contribution in [-0.2, 0) is 6.54 Å². The van der Waals surface area contributed by atoms with E-state index in [9.17, 15) is 9.70 Å². The number of carbonyl (C=O) groups excluding carboxylic acids is 1. The molecular weight excluding hydrogens is 156 g/mol. The molecule has 1 aromatic carbocycles. The van der Waals surface area contributed by atoms with Gasteiger partial charge in [-0.2, -0.15) is 4.91 Å². The summed E-state index contributed by atoms with van der Waals surface area (Å²) in [5.41, 5.74) is 5.99. The molecular formula is C8H8N2O2. The van der Waals surface area contributed by atoms with Crippen LogP contribution in [-0.4, -0.2) is 5.91 Å². The van der Waals surface area contributed by atoms with Gasteiger partial charge in [0.25, 0.3) is 0 Å². The Bertz CT molecular complexity index is 310. The standard InChI is InChI=1S/C8H8N2O2/c9-8(11)7-4-2-1-3-6(7)5-10-12/h1-4H,5H2,(H2,9,11). The lowest BCUT2D eigenvalue weighted by atomic mass is 10.1. The van der Waals surface area contributed by atoms with Crippen LogP contribution in [0, 0.1) is 4.91 Å². The molecule has 0 aromatic heterocycles. The molecule has 0 aliphatic heterocycles. The number of hydrogen-bond acceptors (Lipinski definition) is 3. The van der Waals surface area contributed by atoms with Crippen molar-refractivity contribution in [2.24, 2.45) is 10.9 Å². The quantitative estimate of drug-likeness (QED) is 0.678. The van der Waals surface area contributed by atoms with E-state index in [2.05, 4.69) is 5.18 Å². The maximum Gasteiger partial charge on any atom is 0.249 e. The number of benzene rings is 1. The van der Waals surface area contributed by atoms with E-state index >= 15 is 0 Å². The van der Waals surface area contributed by atoms with Gasteiger partial charge in [-0.25, -0.2) is 0 Å². The molecule has 0 bridgehead atoms. The van der Waals surface area contributed by atoms with Gasteiger partial charge in [-0.15, -0.1) is 0 Å². The second-order valence-electron chi connectivity index (χ2n) is 2.31. The van der Waals surface area contributed by atoms with Crippen molar-refractivity contribution in [2.75, 3.05) is 0 Å². The number of carbonyl (C=O) groups is 1. The first-order valence-electron chi connectivity index (χ1n) is 3.42. The third-order valence-electron chi connectivity index (χ3n) is 1.52. The molecule has 0 heterocycles. The minimum Gasteiger partial charge on any atom is -0.366 e. The molecule has 62 valence electrons. The maximum absolute atomic E-state index is 10.8. The Balaban J connectivity index is 3.07. The average Bonchev–Trinajstić information content (AvgIpc) is 2.05. The summed E-state index contributed by atoms with van der Waals surface area (Å²) in [5, 5.41) is 2.69. The van der Waals surface area contributed by atoms with Gasteiger partial charge in [0, 0.05) is 5.56 Å². The van der Waals surface area contributed by atoms with Crippen molar-refractivity contribution in [3.05, 3.63) is 40.3 Å². The third-order valence-corrected chi connectivity index (χ3v) is 1.52. The van der Waals surface area contributed by atoms with Crippen LogP contribution in [0.3, 0.4) is 0 Å². The average molecular weight is 164 g/mol. The fourth-order valence-electron chi connectivity index (χ4n) is 0.968. The number of hydrogen-bond donors (Lipinski definition) is 1. The van der Waals surface area contributed by atoms with Crippen LogP contribution in [0.4, 0.5) is 0 Å². The van der Waals surface area contributed by atoms with E-state index in [1.807, 2.05) is 0 Å². The topological polar surface area (TPSA) is 72.5 Å². The molecule has 0 fully saturated rings. The first-order chi connectivity index (χ1) is 5.75. The first-order valence-corrected chi connectivity index (χ1v) is 3.42. The molecule has 1 aromatic rings. The largest absolute Gasteiger partial charge is 0.366 e. The van der Waals surface area contributed by atoms with Crippen LogP contribution in [0.5, 0.6) is 0 Å². The second kappa shape index (κ2) is 3.61. The van der Waals surface area contributed by atoms with Gasteiger partial charge in [-0.1, -0.05) is 23.4 Å². The van der Waals surface area contributed by atoms with Crippen molar-refractivity contribution >= 4 is 5.91 Å². The van der Waals surface area contributed by atoms with E-state index in [1.54, 1.807) is 24.3 Å². The zero-order chi connectivity index (χ0) is 8.97. The second-order valence-corrected chi connectivity index (χ2v) is 2.31. The Morgan fingerprint density at radius 3 is 2.67 bits per heavy atom. The minimum absolute atomic E-state index is 0.0148. The van der Waals surface area contributed by atoms with Crippen molar-refractivity contribution in [3.8, 4) is 0 Å². The number of nitrogens with zero attached hydrogens (tertiary/aromatic N) is 1. The van der Waals surface area contributed by atoms with Crippen molar-refractivity contribution in [1.82, 2.24) is 0 Å². The molecule has 0 saturated heterocycles. The molecule has 1 amide bonds. The highest BCUT2D eigenvalue weighted by molar-refractivity contribution is 5.94. The van der Waals surface area contributed by atoms with Crippen LogP contribution in [0.15, 0.2) is 29.4 Å². The summed E-state index contributed by atoms with van der Waals surface area (Å²) >= 11 is 0. The lowest BCUT2D eigenvalue weighted by Crippen LogP contribution is -2.13. The number of nitroso groups, excluding NO2 is 1. The van der Waals surface area contributed by atoms with E-state index < -0.39 is 5.91 Å². The van der Waals surface area contributed by atoms with E-state index in [4.69, 9.17) is 5.73 Å². The predicted octanol–water partition coefficient (Wildman–Crippen LogP) is 1.05. The molecule has 0 atom stereocenters. The Labute approximate surface area is 69.4 Å². The summed E-state index contributed by atoms with van der Waals surface area (Å²) in [7, 11) is 0. The molecule has 1 rings (SSSR count). The molecule has 0 saturated carbocycles. The molecule has 4 heteroatoms. The smallest absolute Gasteiger partial charge is 0.249 e. The van der Waals surface area contributed by atoms with Gasteiger partial charge in [-0.3, -0.25) is 4.79 Å². The van der Waals surface area contributed by atoms with Crippen molar-refractivity contribution in [1.29, 1.82) is 0 Å². The van der Waals surface area contributed by atoms with E-state index in [-0.39, 0.29) is 6.54 Å². The van der Waals surface area contributed by atoms with Gasteiger partial charge in [-0.05, 0) is 11.6 Å². The lowest BCUT2D eigenvalue weighted by Gasteiger charge is -2.00. The lowest BCUT2D eigenvalue weighted by molar-refractivity contribution is 0.0999.